The largest absolute Gasteiger partial charge is 0.356 e. The fraction of sp³-hybridized carbons (Fsp3) is 0.706. The maximum Gasteiger partial charge on any atom is 0.191 e. The Kier molecular flexibility index (Phi) is 8.85. The van der Waals surface area contributed by atoms with E-state index in [2.05, 4.69) is 58.8 Å². The van der Waals surface area contributed by atoms with E-state index in [-0.39, 0.29) is 29.4 Å². The van der Waals surface area contributed by atoms with Crippen molar-refractivity contribution in [2.24, 2.45) is 4.99 Å². The Morgan fingerprint density at radius 2 is 2.22 bits per heavy atom. The Morgan fingerprint density at radius 3 is 2.83 bits per heavy atom. The molecule has 0 radical (unpaired) electrons. The molecule has 2 rings (SSSR count). The van der Waals surface area contributed by atoms with Crippen LogP contribution in [0.5, 0.6) is 0 Å². The van der Waals surface area contributed by atoms with Crippen LogP contribution in [0, 0.1) is 0 Å². The molecule has 1 aromatic rings. The highest BCUT2D eigenvalue weighted by Gasteiger charge is 2.24. The summed E-state index contributed by atoms with van der Waals surface area (Å²) >= 11 is 1.82. The molecule has 23 heavy (non-hydrogen) atoms. The molecule has 0 spiro atoms. The van der Waals surface area contributed by atoms with Crippen molar-refractivity contribution in [2.75, 3.05) is 33.2 Å². The van der Waals surface area contributed by atoms with Crippen molar-refractivity contribution in [3.63, 3.8) is 0 Å². The maximum absolute atomic E-state index is 4.36. The fourth-order valence-corrected chi connectivity index (χ4v) is 3.89. The molecule has 0 bridgehead atoms. The summed E-state index contributed by atoms with van der Waals surface area (Å²) in [5, 5.41) is 9.12. The van der Waals surface area contributed by atoms with Gasteiger partial charge in [-0.25, -0.2) is 0 Å². The van der Waals surface area contributed by atoms with Gasteiger partial charge in [-0.2, -0.15) is 0 Å². The van der Waals surface area contributed by atoms with E-state index in [1.54, 1.807) is 0 Å². The molecule has 0 amide bonds. The monoisotopic (exact) mass is 450 g/mol. The predicted octanol–water partition coefficient (Wildman–Crippen LogP) is 3.29. The molecule has 1 aromatic heterocycles. The van der Waals surface area contributed by atoms with Gasteiger partial charge in [-0.05, 0) is 37.4 Å². The van der Waals surface area contributed by atoms with Gasteiger partial charge in [-0.1, -0.05) is 26.8 Å². The van der Waals surface area contributed by atoms with Crippen LogP contribution in [0.25, 0.3) is 0 Å². The first-order chi connectivity index (χ1) is 10.6. The molecule has 1 fully saturated rings. The van der Waals surface area contributed by atoms with E-state index < -0.39 is 0 Å². The lowest BCUT2D eigenvalue weighted by Crippen LogP contribution is -2.47. The zero-order valence-electron chi connectivity index (χ0n) is 14.8. The molecule has 0 saturated carbocycles. The van der Waals surface area contributed by atoms with Gasteiger partial charge in [0.25, 0.3) is 0 Å². The van der Waals surface area contributed by atoms with Crippen molar-refractivity contribution in [3.05, 3.63) is 22.4 Å². The van der Waals surface area contributed by atoms with Crippen LogP contribution in [0.2, 0.25) is 0 Å². The summed E-state index contributed by atoms with van der Waals surface area (Å²) in [6, 6.07) is 4.97. The van der Waals surface area contributed by atoms with E-state index in [4.69, 9.17) is 0 Å². The van der Waals surface area contributed by atoms with Crippen LogP contribution in [-0.4, -0.2) is 50.1 Å². The highest BCUT2D eigenvalue weighted by molar-refractivity contribution is 14.0. The summed E-state index contributed by atoms with van der Waals surface area (Å²) in [5.41, 5.74) is 0.120. The van der Waals surface area contributed by atoms with Crippen LogP contribution < -0.4 is 10.6 Å². The molecule has 4 nitrogen and oxygen atoms in total. The third kappa shape index (κ3) is 5.90. The number of rotatable bonds is 6. The summed E-state index contributed by atoms with van der Waals surface area (Å²) in [5.74, 6) is 0.910. The van der Waals surface area contributed by atoms with Gasteiger partial charge in [0.1, 0.15) is 0 Å². The molecular weight excluding hydrogens is 419 g/mol. The SMILES string of the molecule is CCN1CCCC1CNC(=NC)NCC(C)(C)c1cccs1.I. The topological polar surface area (TPSA) is 39.7 Å². The first-order valence-electron chi connectivity index (χ1n) is 8.29. The number of likely N-dealkylation sites (N-methyl/N-ethyl adjacent to an activating group) is 1. The van der Waals surface area contributed by atoms with Crippen LogP contribution in [0.3, 0.4) is 0 Å². The number of aliphatic imine (C=N–C) groups is 1. The summed E-state index contributed by atoms with van der Waals surface area (Å²) in [7, 11) is 1.85. The number of likely N-dealkylation sites (tertiary alicyclic amines) is 1. The van der Waals surface area contributed by atoms with E-state index in [0.29, 0.717) is 6.04 Å². The highest BCUT2D eigenvalue weighted by atomic mass is 127. The molecule has 6 heteroatoms. The van der Waals surface area contributed by atoms with Crippen molar-refractivity contribution in [1.29, 1.82) is 0 Å². The van der Waals surface area contributed by atoms with Crippen LogP contribution in [0.15, 0.2) is 22.5 Å². The van der Waals surface area contributed by atoms with Gasteiger partial charge in [0, 0.05) is 36.5 Å². The highest BCUT2D eigenvalue weighted by Crippen LogP contribution is 2.26. The first-order valence-corrected chi connectivity index (χ1v) is 9.17. The molecular formula is C17H31IN4S. The predicted molar refractivity (Wildman–Crippen MR) is 112 cm³/mol. The Morgan fingerprint density at radius 1 is 1.43 bits per heavy atom. The number of halogens is 1. The Hall–Kier alpha value is -0.340. The van der Waals surface area contributed by atoms with Crippen molar-refractivity contribution in [2.45, 2.75) is 45.1 Å². The Bertz CT molecular complexity index is 473. The number of nitrogens with zero attached hydrogens (tertiary/aromatic N) is 2. The standard InChI is InChI=1S/C17H30N4S.HI/c1-5-21-10-6-8-14(21)12-19-16(18-4)20-13-17(2,3)15-9-7-11-22-15;/h7,9,11,14H,5-6,8,10,12-13H2,1-4H3,(H2,18,19,20);1H. The van der Waals surface area contributed by atoms with Gasteiger partial charge in [-0.3, -0.25) is 9.89 Å². The molecule has 1 atom stereocenters. The Balaban J connectivity index is 0.00000264. The molecule has 1 unspecified atom stereocenters. The quantitative estimate of drug-likeness (QED) is 0.397. The molecule has 1 saturated heterocycles. The van der Waals surface area contributed by atoms with Gasteiger partial charge in [0.2, 0.25) is 0 Å². The molecule has 1 aliphatic rings. The lowest BCUT2D eigenvalue weighted by atomic mass is 9.91. The zero-order chi connectivity index (χ0) is 16.0. The summed E-state index contributed by atoms with van der Waals surface area (Å²) in [6.07, 6.45) is 2.61. The molecule has 2 N–H and O–H groups in total. The number of thiophene rings is 1. The lowest BCUT2D eigenvalue weighted by molar-refractivity contribution is 0.267. The minimum absolute atomic E-state index is 0. The Labute approximate surface area is 162 Å². The number of hydrogen-bond donors (Lipinski definition) is 2. The summed E-state index contributed by atoms with van der Waals surface area (Å²) < 4.78 is 0. The average molecular weight is 450 g/mol. The third-order valence-corrected chi connectivity index (χ3v) is 5.76. The molecule has 1 aliphatic heterocycles. The van der Waals surface area contributed by atoms with Crippen LogP contribution in [-0.2, 0) is 5.41 Å². The van der Waals surface area contributed by atoms with E-state index >= 15 is 0 Å². The van der Waals surface area contributed by atoms with Crippen LogP contribution in [0.4, 0.5) is 0 Å². The minimum Gasteiger partial charge on any atom is -0.356 e. The van der Waals surface area contributed by atoms with Gasteiger partial charge in [0.05, 0.1) is 0 Å². The van der Waals surface area contributed by atoms with E-state index in [1.807, 2.05) is 18.4 Å². The van der Waals surface area contributed by atoms with Crippen molar-refractivity contribution >= 4 is 41.3 Å². The third-order valence-electron chi connectivity index (χ3n) is 4.52. The summed E-state index contributed by atoms with van der Waals surface area (Å²) in [6.45, 7) is 11.0. The van der Waals surface area contributed by atoms with Gasteiger partial charge in [0.15, 0.2) is 5.96 Å². The minimum atomic E-state index is 0. The van der Waals surface area contributed by atoms with Crippen molar-refractivity contribution < 1.29 is 0 Å². The van der Waals surface area contributed by atoms with Crippen molar-refractivity contribution in [1.82, 2.24) is 15.5 Å². The smallest absolute Gasteiger partial charge is 0.191 e. The second-order valence-corrected chi connectivity index (χ2v) is 7.54. The van der Waals surface area contributed by atoms with E-state index in [0.717, 1.165) is 25.6 Å². The average Bonchev–Trinajstić information content (AvgIpc) is 3.18. The molecule has 2 heterocycles. The zero-order valence-corrected chi connectivity index (χ0v) is 17.9. The first kappa shape index (κ1) is 20.7. The van der Waals surface area contributed by atoms with Crippen molar-refractivity contribution in [3.8, 4) is 0 Å². The van der Waals surface area contributed by atoms with Crippen LogP contribution >= 0.6 is 35.3 Å². The molecule has 132 valence electrons. The second kappa shape index (κ2) is 9.84. The van der Waals surface area contributed by atoms with Gasteiger partial charge in [-0.15, -0.1) is 35.3 Å². The van der Waals surface area contributed by atoms with Crippen LogP contribution in [0.1, 0.15) is 38.5 Å². The number of guanidine groups is 1. The second-order valence-electron chi connectivity index (χ2n) is 6.59. The summed E-state index contributed by atoms with van der Waals surface area (Å²) in [4.78, 5) is 8.32. The number of hydrogen-bond acceptors (Lipinski definition) is 3. The lowest BCUT2D eigenvalue weighted by Gasteiger charge is -2.27. The van der Waals surface area contributed by atoms with E-state index in [1.165, 1.54) is 24.3 Å². The molecule has 0 aliphatic carbocycles. The van der Waals surface area contributed by atoms with Gasteiger partial charge >= 0.3 is 0 Å². The normalized spacial score (nSPS) is 19.5. The van der Waals surface area contributed by atoms with Gasteiger partial charge < -0.3 is 10.6 Å². The van der Waals surface area contributed by atoms with E-state index in [9.17, 15) is 0 Å². The number of nitrogens with one attached hydrogen (secondary N) is 2. The fourth-order valence-electron chi connectivity index (χ4n) is 3.03. The maximum atomic E-state index is 4.36. The molecule has 0 aromatic carbocycles.